The van der Waals surface area contributed by atoms with Gasteiger partial charge < -0.3 is 5.32 Å². The summed E-state index contributed by atoms with van der Waals surface area (Å²) in [5.41, 5.74) is 5.84. The lowest BCUT2D eigenvalue weighted by molar-refractivity contribution is -0.119. The number of rotatable bonds is 4. The molecular formula is C14H19N3O2. The van der Waals surface area contributed by atoms with Gasteiger partial charge in [-0.1, -0.05) is 12.1 Å². The van der Waals surface area contributed by atoms with Crippen LogP contribution in [0.2, 0.25) is 0 Å². The maximum Gasteiger partial charge on any atom is 0.236 e. The van der Waals surface area contributed by atoms with Gasteiger partial charge in [-0.25, -0.2) is 5.43 Å². The van der Waals surface area contributed by atoms with Crippen molar-refractivity contribution < 1.29 is 9.59 Å². The van der Waals surface area contributed by atoms with Crippen molar-refractivity contribution in [2.45, 2.75) is 34.1 Å². The SMILES string of the molecule is CC(=O)NN=C(C)CC(=O)Nc1cccc(C)c1C. The molecule has 0 unspecified atom stereocenters. The summed E-state index contributed by atoms with van der Waals surface area (Å²) in [6.45, 7) is 7.02. The number of hydrogen-bond donors (Lipinski definition) is 2. The van der Waals surface area contributed by atoms with E-state index in [-0.39, 0.29) is 18.2 Å². The highest BCUT2D eigenvalue weighted by Gasteiger charge is 2.07. The molecule has 0 bridgehead atoms. The van der Waals surface area contributed by atoms with E-state index in [1.54, 1.807) is 6.92 Å². The maximum absolute atomic E-state index is 11.8. The molecule has 0 aliphatic heterocycles. The van der Waals surface area contributed by atoms with Crippen LogP contribution in [0.4, 0.5) is 5.69 Å². The Morgan fingerprint density at radius 1 is 1.21 bits per heavy atom. The van der Waals surface area contributed by atoms with Gasteiger partial charge in [0.05, 0.1) is 6.42 Å². The number of benzene rings is 1. The van der Waals surface area contributed by atoms with Crippen LogP contribution in [0.3, 0.4) is 0 Å². The highest BCUT2D eigenvalue weighted by atomic mass is 16.2. The summed E-state index contributed by atoms with van der Waals surface area (Å²) in [7, 11) is 0. The summed E-state index contributed by atoms with van der Waals surface area (Å²) in [4.78, 5) is 22.5. The molecule has 1 aromatic carbocycles. The Bertz CT molecular complexity index is 521. The van der Waals surface area contributed by atoms with Crippen LogP contribution in [0.5, 0.6) is 0 Å². The van der Waals surface area contributed by atoms with Crippen molar-refractivity contribution >= 4 is 23.2 Å². The quantitative estimate of drug-likeness (QED) is 0.644. The first kappa shape index (κ1) is 14.9. The lowest BCUT2D eigenvalue weighted by Gasteiger charge is -2.10. The molecule has 5 heteroatoms. The van der Waals surface area contributed by atoms with Crippen molar-refractivity contribution in [2.24, 2.45) is 5.10 Å². The predicted molar refractivity (Wildman–Crippen MR) is 76.1 cm³/mol. The molecule has 1 aromatic rings. The molecule has 0 heterocycles. The van der Waals surface area contributed by atoms with Crippen LogP contribution in [-0.2, 0) is 9.59 Å². The molecular weight excluding hydrogens is 242 g/mol. The third-order valence-electron chi connectivity index (χ3n) is 2.70. The van der Waals surface area contributed by atoms with Gasteiger partial charge in [0.15, 0.2) is 0 Å². The van der Waals surface area contributed by atoms with Gasteiger partial charge in [-0.2, -0.15) is 5.10 Å². The van der Waals surface area contributed by atoms with Crippen LogP contribution >= 0.6 is 0 Å². The molecule has 0 radical (unpaired) electrons. The molecule has 0 atom stereocenters. The van der Waals surface area contributed by atoms with Gasteiger partial charge >= 0.3 is 0 Å². The molecule has 0 fully saturated rings. The van der Waals surface area contributed by atoms with Crippen LogP contribution in [0.15, 0.2) is 23.3 Å². The van der Waals surface area contributed by atoms with Gasteiger partial charge in [0.2, 0.25) is 11.8 Å². The zero-order valence-electron chi connectivity index (χ0n) is 11.7. The minimum absolute atomic E-state index is 0.146. The molecule has 0 saturated carbocycles. The molecule has 0 spiro atoms. The van der Waals surface area contributed by atoms with Gasteiger partial charge in [0.1, 0.15) is 0 Å². The number of nitrogens with zero attached hydrogens (tertiary/aromatic N) is 1. The van der Waals surface area contributed by atoms with Gasteiger partial charge in [-0.3, -0.25) is 9.59 Å². The molecule has 1 rings (SSSR count). The fourth-order valence-electron chi connectivity index (χ4n) is 1.53. The van der Waals surface area contributed by atoms with E-state index in [0.29, 0.717) is 5.71 Å². The highest BCUT2D eigenvalue weighted by molar-refractivity contribution is 6.06. The van der Waals surface area contributed by atoms with Crippen molar-refractivity contribution in [1.82, 2.24) is 5.43 Å². The second kappa shape index (κ2) is 6.68. The minimum Gasteiger partial charge on any atom is -0.326 e. The van der Waals surface area contributed by atoms with Crippen molar-refractivity contribution in [3.63, 3.8) is 0 Å². The summed E-state index contributed by atoms with van der Waals surface area (Å²) in [5.74, 6) is -0.408. The zero-order chi connectivity index (χ0) is 14.4. The fraction of sp³-hybridized carbons (Fsp3) is 0.357. The molecule has 2 N–H and O–H groups in total. The van der Waals surface area contributed by atoms with E-state index in [2.05, 4.69) is 15.8 Å². The van der Waals surface area contributed by atoms with E-state index < -0.39 is 0 Å². The number of amides is 2. The van der Waals surface area contributed by atoms with E-state index in [4.69, 9.17) is 0 Å². The van der Waals surface area contributed by atoms with E-state index in [0.717, 1.165) is 16.8 Å². The number of carbonyl (C=O) groups is 2. The van der Waals surface area contributed by atoms with Crippen LogP contribution in [0, 0.1) is 13.8 Å². The fourth-order valence-corrected chi connectivity index (χ4v) is 1.53. The van der Waals surface area contributed by atoms with Gasteiger partial charge in [0.25, 0.3) is 0 Å². The van der Waals surface area contributed by atoms with Crippen molar-refractivity contribution in [3.8, 4) is 0 Å². The highest BCUT2D eigenvalue weighted by Crippen LogP contribution is 2.17. The second-order valence-corrected chi connectivity index (χ2v) is 4.49. The normalized spacial score (nSPS) is 11.1. The van der Waals surface area contributed by atoms with Crippen LogP contribution in [0.1, 0.15) is 31.4 Å². The number of hydrogen-bond acceptors (Lipinski definition) is 3. The first-order valence-electron chi connectivity index (χ1n) is 6.06. The number of anilines is 1. The number of hydrazone groups is 1. The van der Waals surface area contributed by atoms with Crippen LogP contribution in [0.25, 0.3) is 0 Å². The van der Waals surface area contributed by atoms with Crippen molar-refractivity contribution in [1.29, 1.82) is 0 Å². The maximum atomic E-state index is 11.8. The third-order valence-corrected chi connectivity index (χ3v) is 2.70. The van der Waals surface area contributed by atoms with E-state index in [1.165, 1.54) is 6.92 Å². The molecule has 2 amide bonds. The Balaban J connectivity index is 2.63. The predicted octanol–water partition coefficient (Wildman–Crippen LogP) is 2.14. The van der Waals surface area contributed by atoms with Gasteiger partial charge in [0, 0.05) is 18.3 Å². The first-order valence-corrected chi connectivity index (χ1v) is 6.06. The van der Waals surface area contributed by atoms with Crippen molar-refractivity contribution in [3.05, 3.63) is 29.3 Å². The van der Waals surface area contributed by atoms with E-state index in [1.807, 2.05) is 32.0 Å². The topological polar surface area (TPSA) is 70.6 Å². The summed E-state index contributed by atoms with van der Waals surface area (Å²) in [6.07, 6.45) is 0.146. The lowest BCUT2D eigenvalue weighted by Crippen LogP contribution is -2.19. The second-order valence-electron chi connectivity index (χ2n) is 4.49. The Morgan fingerprint density at radius 2 is 1.89 bits per heavy atom. The summed E-state index contributed by atoms with van der Waals surface area (Å²) < 4.78 is 0. The smallest absolute Gasteiger partial charge is 0.236 e. The van der Waals surface area contributed by atoms with Gasteiger partial charge in [-0.05, 0) is 38.0 Å². The third kappa shape index (κ3) is 4.91. The molecule has 19 heavy (non-hydrogen) atoms. The molecule has 0 aliphatic carbocycles. The Labute approximate surface area is 113 Å². The Morgan fingerprint density at radius 3 is 2.53 bits per heavy atom. The lowest BCUT2D eigenvalue weighted by atomic mass is 10.1. The van der Waals surface area contributed by atoms with Crippen LogP contribution < -0.4 is 10.7 Å². The van der Waals surface area contributed by atoms with E-state index in [9.17, 15) is 9.59 Å². The summed E-state index contributed by atoms with van der Waals surface area (Å²) >= 11 is 0. The Hall–Kier alpha value is -2.17. The van der Waals surface area contributed by atoms with Crippen molar-refractivity contribution in [2.75, 3.05) is 5.32 Å². The average Bonchev–Trinajstić information content (AvgIpc) is 2.32. The van der Waals surface area contributed by atoms with Gasteiger partial charge in [-0.15, -0.1) is 0 Å². The molecule has 5 nitrogen and oxygen atoms in total. The summed E-state index contributed by atoms with van der Waals surface area (Å²) in [6, 6.07) is 5.76. The molecule has 0 saturated heterocycles. The number of aryl methyl sites for hydroxylation is 1. The number of carbonyl (C=O) groups excluding carboxylic acids is 2. The summed E-state index contributed by atoms with van der Waals surface area (Å²) in [5, 5.41) is 6.64. The minimum atomic E-state index is -0.255. The Kier molecular flexibility index (Phi) is 5.23. The van der Waals surface area contributed by atoms with E-state index >= 15 is 0 Å². The standard InChI is InChI=1S/C14H19N3O2/c1-9-6-5-7-13(11(9)3)15-14(19)8-10(2)16-17-12(4)18/h5-7H,8H2,1-4H3,(H,15,19)(H,17,18). The number of nitrogens with one attached hydrogen (secondary N) is 2. The first-order chi connectivity index (χ1) is 8.90. The molecule has 0 aliphatic rings. The average molecular weight is 261 g/mol. The molecule has 102 valence electrons. The molecule has 0 aromatic heterocycles. The van der Waals surface area contributed by atoms with Crippen LogP contribution in [-0.4, -0.2) is 17.5 Å². The largest absolute Gasteiger partial charge is 0.326 e. The zero-order valence-corrected chi connectivity index (χ0v) is 11.7. The monoisotopic (exact) mass is 261 g/mol.